The summed E-state index contributed by atoms with van der Waals surface area (Å²) in [6.45, 7) is 6.87. The number of rotatable bonds is 7. The lowest BCUT2D eigenvalue weighted by Crippen LogP contribution is -2.38. The van der Waals surface area contributed by atoms with Gasteiger partial charge in [-0.15, -0.1) is 0 Å². The Morgan fingerprint density at radius 3 is 2.36 bits per heavy atom. The average molecular weight is 379 g/mol. The fourth-order valence-corrected chi connectivity index (χ4v) is 3.50. The molecule has 0 aliphatic carbocycles. The summed E-state index contributed by atoms with van der Waals surface area (Å²) in [4.78, 5) is 33.7. The Labute approximate surface area is 165 Å². The normalized spacial score (nSPS) is 18.8. The molecule has 0 spiro atoms. The molecule has 1 aromatic heterocycles. The molecular weight excluding hydrogens is 354 g/mol. The molecule has 1 saturated heterocycles. The highest BCUT2D eigenvalue weighted by molar-refractivity contribution is 6.46. The van der Waals surface area contributed by atoms with Crippen LogP contribution in [0.5, 0.6) is 0 Å². The van der Waals surface area contributed by atoms with E-state index in [9.17, 15) is 14.7 Å². The van der Waals surface area contributed by atoms with Crippen molar-refractivity contribution in [1.29, 1.82) is 0 Å². The Bertz CT molecular complexity index is 861. The van der Waals surface area contributed by atoms with Gasteiger partial charge in [-0.3, -0.25) is 14.6 Å². The lowest BCUT2D eigenvalue weighted by atomic mass is 9.98. The molecule has 2 aromatic rings. The number of pyridine rings is 1. The lowest BCUT2D eigenvalue weighted by Gasteiger charge is -2.27. The smallest absolute Gasteiger partial charge is 0.295 e. The van der Waals surface area contributed by atoms with E-state index in [2.05, 4.69) is 23.7 Å². The Hall–Kier alpha value is -2.99. The minimum atomic E-state index is -0.697. The predicted molar refractivity (Wildman–Crippen MR) is 107 cm³/mol. The molecule has 1 amide bonds. The van der Waals surface area contributed by atoms with Crippen LogP contribution in [0.25, 0.3) is 5.76 Å². The van der Waals surface area contributed by atoms with Gasteiger partial charge >= 0.3 is 0 Å². The van der Waals surface area contributed by atoms with Crippen molar-refractivity contribution >= 4 is 17.4 Å². The molecule has 0 saturated carbocycles. The van der Waals surface area contributed by atoms with Crippen LogP contribution in [0.3, 0.4) is 0 Å². The molecular formula is C22H25N3O3. The molecule has 1 aromatic carbocycles. The summed E-state index contributed by atoms with van der Waals surface area (Å²) in [7, 11) is 0. The summed E-state index contributed by atoms with van der Waals surface area (Å²) >= 11 is 0. The van der Waals surface area contributed by atoms with Crippen molar-refractivity contribution in [3.8, 4) is 0 Å². The van der Waals surface area contributed by atoms with Crippen LogP contribution in [-0.2, 0) is 9.59 Å². The number of carbonyl (C=O) groups excluding carboxylic acids is 2. The van der Waals surface area contributed by atoms with E-state index in [1.54, 1.807) is 42.6 Å². The summed E-state index contributed by atoms with van der Waals surface area (Å²) in [6, 6.07) is 13.5. The number of hydrogen-bond donors (Lipinski definition) is 1. The molecule has 6 nitrogen and oxygen atoms in total. The van der Waals surface area contributed by atoms with Gasteiger partial charge in [-0.25, -0.2) is 0 Å². The zero-order chi connectivity index (χ0) is 20.1. The van der Waals surface area contributed by atoms with Crippen LogP contribution in [0.2, 0.25) is 0 Å². The number of hydrogen-bond acceptors (Lipinski definition) is 5. The molecule has 3 rings (SSSR count). The number of Topliss-reactive ketones (excluding diaryl/α,β-unsaturated/α-hetero) is 1. The van der Waals surface area contributed by atoms with Gasteiger partial charge in [0, 0.05) is 24.8 Å². The molecule has 1 atom stereocenters. The van der Waals surface area contributed by atoms with Crippen LogP contribution in [0, 0.1) is 0 Å². The van der Waals surface area contributed by atoms with E-state index in [-0.39, 0.29) is 11.3 Å². The predicted octanol–water partition coefficient (Wildman–Crippen LogP) is 2.85. The third kappa shape index (κ3) is 3.82. The van der Waals surface area contributed by atoms with Gasteiger partial charge in [0.1, 0.15) is 11.8 Å². The molecule has 2 heterocycles. The van der Waals surface area contributed by atoms with Gasteiger partial charge in [-0.1, -0.05) is 50.2 Å². The van der Waals surface area contributed by atoms with E-state index in [4.69, 9.17) is 0 Å². The highest BCUT2D eigenvalue weighted by atomic mass is 16.3. The Morgan fingerprint density at radius 2 is 1.75 bits per heavy atom. The minimum absolute atomic E-state index is 0.0921. The molecule has 1 N–H and O–H groups in total. The quantitative estimate of drug-likeness (QED) is 0.455. The second-order valence-electron chi connectivity index (χ2n) is 6.64. The zero-order valence-corrected chi connectivity index (χ0v) is 16.2. The first-order valence-corrected chi connectivity index (χ1v) is 9.55. The maximum absolute atomic E-state index is 12.8. The summed E-state index contributed by atoms with van der Waals surface area (Å²) in [5.74, 6) is -1.43. The minimum Gasteiger partial charge on any atom is -0.507 e. The Kier molecular flexibility index (Phi) is 6.21. The number of aliphatic hydroxyl groups excluding tert-OH is 1. The fraction of sp³-hybridized carbons (Fsp3) is 0.318. The number of carbonyl (C=O) groups is 2. The van der Waals surface area contributed by atoms with Crippen LogP contribution in [-0.4, -0.2) is 57.8 Å². The molecule has 1 aliphatic rings. The number of benzene rings is 1. The monoisotopic (exact) mass is 379 g/mol. The average Bonchev–Trinajstić information content (AvgIpc) is 3.00. The number of ketones is 1. The van der Waals surface area contributed by atoms with Crippen molar-refractivity contribution in [2.24, 2.45) is 0 Å². The fourth-order valence-electron chi connectivity index (χ4n) is 3.50. The van der Waals surface area contributed by atoms with Crippen molar-refractivity contribution in [3.05, 3.63) is 71.6 Å². The van der Waals surface area contributed by atoms with Gasteiger partial charge in [0.2, 0.25) is 0 Å². The maximum atomic E-state index is 12.8. The van der Waals surface area contributed by atoms with E-state index in [0.717, 1.165) is 13.1 Å². The van der Waals surface area contributed by atoms with Crippen LogP contribution in [0.15, 0.2) is 60.3 Å². The van der Waals surface area contributed by atoms with Crippen LogP contribution in [0.4, 0.5) is 0 Å². The van der Waals surface area contributed by atoms with E-state index in [1.165, 1.54) is 4.90 Å². The summed E-state index contributed by atoms with van der Waals surface area (Å²) in [5.41, 5.74) is 1.17. The van der Waals surface area contributed by atoms with Gasteiger partial charge in [0.05, 0.1) is 11.3 Å². The molecule has 146 valence electrons. The van der Waals surface area contributed by atoms with Crippen LogP contribution >= 0.6 is 0 Å². The number of aromatic nitrogens is 1. The van der Waals surface area contributed by atoms with Crippen molar-refractivity contribution in [1.82, 2.24) is 14.8 Å². The van der Waals surface area contributed by atoms with Crippen LogP contribution in [0.1, 0.15) is 31.1 Å². The van der Waals surface area contributed by atoms with Crippen molar-refractivity contribution < 1.29 is 14.7 Å². The number of likely N-dealkylation sites (tertiary alicyclic amines) is 1. The number of aliphatic hydroxyl groups is 1. The first-order valence-electron chi connectivity index (χ1n) is 9.55. The number of nitrogens with zero attached hydrogens (tertiary/aromatic N) is 3. The first kappa shape index (κ1) is 19.8. The van der Waals surface area contributed by atoms with Gasteiger partial charge in [-0.05, 0) is 25.2 Å². The first-order chi connectivity index (χ1) is 13.6. The van der Waals surface area contributed by atoms with Crippen molar-refractivity contribution in [2.75, 3.05) is 26.2 Å². The molecule has 0 bridgehead atoms. The van der Waals surface area contributed by atoms with Gasteiger partial charge < -0.3 is 14.9 Å². The molecule has 0 radical (unpaired) electrons. The lowest BCUT2D eigenvalue weighted by molar-refractivity contribution is -0.140. The highest BCUT2D eigenvalue weighted by Gasteiger charge is 2.46. The highest BCUT2D eigenvalue weighted by Crippen LogP contribution is 2.38. The summed E-state index contributed by atoms with van der Waals surface area (Å²) in [5, 5.41) is 10.9. The molecule has 1 fully saturated rings. The van der Waals surface area contributed by atoms with E-state index in [1.807, 2.05) is 12.1 Å². The van der Waals surface area contributed by atoms with Crippen LogP contribution < -0.4 is 0 Å². The van der Waals surface area contributed by atoms with Gasteiger partial charge in [0.15, 0.2) is 0 Å². The second-order valence-corrected chi connectivity index (χ2v) is 6.64. The summed E-state index contributed by atoms with van der Waals surface area (Å²) in [6.07, 6.45) is 1.63. The van der Waals surface area contributed by atoms with Crippen molar-refractivity contribution in [2.45, 2.75) is 19.9 Å². The number of likely N-dealkylation sites (N-methyl/N-ethyl adjacent to an activating group) is 1. The molecule has 1 aliphatic heterocycles. The molecule has 28 heavy (non-hydrogen) atoms. The third-order valence-electron chi connectivity index (χ3n) is 5.11. The van der Waals surface area contributed by atoms with Gasteiger partial charge in [-0.2, -0.15) is 0 Å². The Morgan fingerprint density at radius 1 is 1.07 bits per heavy atom. The third-order valence-corrected chi connectivity index (χ3v) is 5.11. The van der Waals surface area contributed by atoms with E-state index in [0.29, 0.717) is 24.3 Å². The SMILES string of the molecule is CCN(CC)CCN1C(=O)C(=O)/C(=C(/O)c2ccccc2)C1c1ccccn1. The largest absolute Gasteiger partial charge is 0.507 e. The van der Waals surface area contributed by atoms with E-state index < -0.39 is 17.7 Å². The molecule has 6 heteroatoms. The summed E-state index contributed by atoms with van der Waals surface area (Å²) < 4.78 is 0. The van der Waals surface area contributed by atoms with E-state index >= 15 is 0 Å². The zero-order valence-electron chi connectivity index (χ0n) is 16.2. The van der Waals surface area contributed by atoms with Gasteiger partial charge in [0.25, 0.3) is 11.7 Å². The number of amides is 1. The second kappa shape index (κ2) is 8.80. The Balaban J connectivity index is 2.06. The van der Waals surface area contributed by atoms with Crippen molar-refractivity contribution in [3.63, 3.8) is 0 Å². The molecule has 1 unspecified atom stereocenters. The standard InChI is InChI=1S/C22H25N3O3/c1-3-24(4-2)14-15-25-19(17-12-8-9-13-23-17)18(21(27)22(25)28)20(26)16-10-6-5-7-11-16/h5-13,19,26H,3-4,14-15H2,1-2H3/b20-18+. The maximum Gasteiger partial charge on any atom is 0.295 e. The topological polar surface area (TPSA) is 73.7 Å².